The molecule has 120 valence electrons. The standard InChI is InChI=1S/C17H36GeO2/c1-14(2)8-11-18(20-17(7)19,12-9-15(3)4)13-10-16(5)6/h14-16H,8-13H2,1-7H3. The van der Waals surface area contributed by atoms with Crippen molar-refractivity contribution in [2.24, 2.45) is 17.8 Å². The van der Waals surface area contributed by atoms with Crippen molar-refractivity contribution >= 4 is 19.6 Å². The van der Waals surface area contributed by atoms with Crippen LogP contribution in [0.15, 0.2) is 0 Å². The van der Waals surface area contributed by atoms with Crippen LogP contribution in [0.3, 0.4) is 0 Å². The van der Waals surface area contributed by atoms with Crippen molar-refractivity contribution in [1.82, 2.24) is 0 Å². The molecule has 0 aromatic carbocycles. The summed E-state index contributed by atoms with van der Waals surface area (Å²) >= 11 is -2.48. The maximum atomic E-state index is 11.6. The molecule has 20 heavy (non-hydrogen) atoms. The van der Waals surface area contributed by atoms with E-state index in [0.717, 1.165) is 0 Å². The van der Waals surface area contributed by atoms with Crippen LogP contribution in [0, 0.1) is 17.8 Å². The molecule has 0 radical (unpaired) electrons. The van der Waals surface area contributed by atoms with E-state index in [9.17, 15) is 4.79 Å². The van der Waals surface area contributed by atoms with E-state index in [0.29, 0.717) is 17.8 Å². The van der Waals surface area contributed by atoms with Gasteiger partial charge in [0.25, 0.3) is 0 Å². The van der Waals surface area contributed by atoms with Crippen LogP contribution in [0.2, 0.25) is 15.8 Å². The van der Waals surface area contributed by atoms with Gasteiger partial charge in [0.05, 0.1) is 0 Å². The van der Waals surface area contributed by atoms with E-state index >= 15 is 0 Å². The average molecular weight is 345 g/mol. The molecule has 0 rings (SSSR count). The number of hydrogen-bond acceptors (Lipinski definition) is 2. The zero-order valence-electron chi connectivity index (χ0n) is 14.8. The molecule has 0 amide bonds. The Hall–Kier alpha value is 0.0129. The summed E-state index contributed by atoms with van der Waals surface area (Å²) in [5.74, 6) is 2.07. The van der Waals surface area contributed by atoms with Gasteiger partial charge in [0, 0.05) is 0 Å². The van der Waals surface area contributed by atoms with E-state index in [2.05, 4.69) is 41.5 Å². The van der Waals surface area contributed by atoms with Gasteiger partial charge in [-0.1, -0.05) is 0 Å². The zero-order valence-corrected chi connectivity index (χ0v) is 16.9. The fraction of sp³-hybridized carbons (Fsp3) is 0.941. The second kappa shape index (κ2) is 9.86. The van der Waals surface area contributed by atoms with Crippen molar-refractivity contribution < 1.29 is 8.56 Å². The molecule has 0 unspecified atom stereocenters. The Bertz CT molecular complexity index is 241. The Morgan fingerprint density at radius 3 is 1.30 bits per heavy atom. The van der Waals surface area contributed by atoms with E-state index in [1.165, 1.54) is 35.0 Å². The van der Waals surface area contributed by atoms with Crippen LogP contribution in [-0.4, -0.2) is 19.6 Å². The second-order valence-electron chi connectivity index (χ2n) is 7.57. The molecule has 0 aliphatic rings. The number of hydrogen-bond donors (Lipinski definition) is 0. The third-order valence-electron chi connectivity index (χ3n) is 3.89. The van der Waals surface area contributed by atoms with E-state index in [1.54, 1.807) is 6.92 Å². The molecule has 0 bridgehead atoms. The first-order chi connectivity index (χ1) is 9.17. The van der Waals surface area contributed by atoms with Gasteiger partial charge in [-0.05, 0) is 0 Å². The van der Waals surface area contributed by atoms with Gasteiger partial charge < -0.3 is 0 Å². The quantitative estimate of drug-likeness (QED) is 0.480. The molecule has 0 heterocycles. The molecule has 0 aromatic rings. The third kappa shape index (κ3) is 9.84. The minimum atomic E-state index is -2.48. The van der Waals surface area contributed by atoms with Crippen LogP contribution in [0.5, 0.6) is 0 Å². The molecule has 0 aliphatic carbocycles. The molecule has 0 N–H and O–H groups in total. The van der Waals surface area contributed by atoms with Crippen LogP contribution in [0.1, 0.15) is 67.7 Å². The normalized spacial score (nSPS) is 12.5. The zero-order chi connectivity index (χ0) is 15.8. The summed E-state index contributed by atoms with van der Waals surface area (Å²) < 4.78 is 6.04. The van der Waals surface area contributed by atoms with Crippen molar-refractivity contribution in [1.29, 1.82) is 0 Å². The van der Waals surface area contributed by atoms with Crippen LogP contribution in [0.25, 0.3) is 0 Å². The molecule has 2 nitrogen and oxygen atoms in total. The molecular weight excluding hydrogens is 309 g/mol. The molecule has 0 saturated heterocycles. The van der Waals surface area contributed by atoms with E-state index in [1.807, 2.05) is 0 Å². The minimum absolute atomic E-state index is 0.0405. The molecular formula is C17H36GeO2. The summed E-state index contributed by atoms with van der Waals surface area (Å²) in [4.78, 5) is 11.6. The summed E-state index contributed by atoms with van der Waals surface area (Å²) in [7, 11) is 0. The topological polar surface area (TPSA) is 26.3 Å². The Morgan fingerprint density at radius 2 is 1.10 bits per heavy atom. The van der Waals surface area contributed by atoms with E-state index < -0.39 is 13.6 Å². The van der Waals surface area contributed by atoms with E-state index in [-0.39, 0.29) is 5.97 Å². The summed E-state index contributed by atoms with van der Waals surface area (Å²) in [6.45, 7) is 15.2. The predicted molar refractivity (Wildman–Crippen MR) is 90.3 cm³/mol. The monoisotopic (exact) mass is 346 g/mol. The van der Waals surface area contributed by atoms with Crippen molar-refractivity contribution in [3.63, 3.8) is 0 Å². The molecule has 0 atom stereocenters. The SMILES string of the molecule is CC(=O)[O][Ge]([CH2]CC(C)C)([CH2]CC(C)C)[CH2]CC(C)C. The van der Waals surface area contributed by atoms with E-state index in [4.69, 9.17) is 3.76 Å². The van der Waals surface area contributed by atoms with Crippen molar-refractivity contribution in [3.05, 3.63) is 0 Å². The predicted octanol–water partition coefficient (Wildman–Crippen LogP) is 5.63. The Kier molecular flexibility index (Phi) is 9.87. The summed E-state index contributed by atoms with van der Waals surface area (Å²) in [5.41, 5.74) is 0. The third-order valence-corrected chi connectivity index (χ3v) is 13.0. The van der Waals surface area contributed by atoms with Gasteiger partial charge in [-0.2, -0.15) is 0 Å². The number of carbonyl (C=O) groups is 1. The molecule has 3 heteroatoms. The molecule has 0 aliphatic heterocycles. The molecule has 0 spiro atoms. The van der Waals surface area contributed by atoms with Gasteiger partial charge in [-0.25, -0.2) is 0 Å². The van der Waals surface area contributed by atoms with Gasteiger partial charge >= 0.3 is 129 Å². The first-order valence-electron chi connectivity index (χ1n) is 8.36. The van der Waals surface area contributed by atoms with Crippen LogP contribution in [-0.2, 0) is 8.56 Å². The fourth-order valence-corrected chi connectivity index (χ4v) is 12.9. The Balaban J connectivity index is 4.88. The van der Waals surface area contributed by atoms with Crippen molar-refractivity contribution in [2.75, 3.05) is 0 Å². The molecule has 0 fully saturated rings. The van der Waals surface area contributed by atoms with Gasteiger partial charge in [0.1, 0.15) is 0 Å². The van der Waals surface area contributed by atoms with Gasteiger partial charge in [0.15, 0.2) is 0 Å². The summed E-state index contributed by atoms with van der Waals surface area (Å²) in [6.07, 6.45) is 3.64. The van der Waals surface area contributed by atoms with Crippen molar-refractivity contribution in [2.45, 2.75) is 83.5 Å². The number of carbonyl (C=O) groups excluding carboxylic acids is 1. The number of rotatable bonds is 10. The van der Waals surface area contributed by atoms with Crippen molar-refractivity contribution in [3.8, 4) is 0 Å². The fourth-order valence-electron chi connectivity index (χ4n) is 2.49. The Labute approximate surface area is 129 Å². The second-order valence-corrected chi connectivity index (χ2v) is 16.1. The average Bonchev–Trinajstić information content (AvgIpc) is 2.30. The van der Waals surface area contributed by atoms with Crippen LogP contribution >= 0.6 is 0 Å². The van der Waals surface area contributed by atoms with Crippen LogP contribution < -0.4 is 0 Å². The summed E-state index contributed by atoms with van der Waals surface area (Å²) in [5, 5.41) is 3.57. The maximum absolute atomic E-state index is 11.6. The summed E-state index contributed by atoms with van der Waals surface area (Å²) in [6, 6.07) is 0. The van der Waals surface area contributed by atoms with Crippen LogP contribution in [0.4, 0.5) is 0 Å². The van der Waals surface area contributed by atoms with Gasteiger partial charge in [-0.3, -0.25) is 0 Å². The molecule has 0 saturated carbocycles. The molecule has 0 aromatic heterocycles. The first kappa shape index (κ1) is 20.0. The Morgan fingerprint density at radius 1 is 0.800 bits per heavy atom. The van der Waals surface area contributed by atoms with Gasteiger partial charge in [-0.15, -0.1) is 0 Å². The first-order valence-corrected chi connectivity index (χ1v) is 13.7. The van der Waals surface area contributed by atoms with Gasteiger partial charge in [0.2, 0.25) is 0 Å².